The van der Waals surface area contributed by atoms with Gasteiger partial charge in [0.15, 0.2) is 0 Å². The first-order valence-corrected chi connectivity index (χ1v) is 9.07. The molecule has 3 heterocycles. The summed E-state index contributed by atoms with van der Waals surface area (Å²) in [6.07, 6.45) is 6.34. The lowest BCUT2D eigenvalue weighted by Gasteiger charge is -2.08. The molecule has 0 atom stereocenters. The number of nitrogens with one attached hydrogen (secondary N) is 3. The highest BCUT2D eigenvalue weighted by atomic mass is 35.5. The van der Waals surface area contributed by atoms with E-state index >= 15 is 0 Å². The molecule has 0 amide bonds. The molecule has 0 aliphatic rings. The van der Waals surface area contributed by atoms with Crippen molar-refractivity contribution in [1.82, 2.24) is 19.9 Å². The SMILES string of the molecule is Cc1ccc(Cc2cnc(NCCCNc3ccc(Cl)cn3)[nH]c2=O)cn1. The van der Waals surface area contributed by atoms with E-state index in [2.05, 4.69) is 30.6 Å². The van der Waals surface area contributed by atoms with Gasteiger partial charge in [-0.25, -0.2) is 9.97 Å². The molecule has 7 nitrogen and oxygen atoms in total. The summed E-state index contributed by atoms with van der Waals surface area (Å²) in [5, 5.41) is 6.93. The zero-order chi connectivity index (χ0) is 19.1. The average Bonchev–Trinajstić information content (AvgIpc) is 2.67. The second-order valence-corrected chi connectivity index (χ2v) is 6.58. The number of pyridine rings is 2. The molecule has 0 radical (unpaired) electrons. The van der Waals surface area contributed by atoms with Gasteiger partial charge in [-0.1, -0.05) is 17.7 Å². The Morgan fingerprint density at radius 1 is 1.00 bits per heavy atom. The maximum atomic E-state index is 12.2. The van der Waals surface area contributed by atoms with Crippen LogP contribution in [0.2, 0.25) is 5.02 Å². The molecule has 8 heteroatoms. The fourth-order valence-corrected chi connectivity index (χ4v) is 2.56. The minimum absolute atomic E-state index is 0.142. The van der Waals surface area contributed by atoms with Crippen LogP contribution in [-0.4, -0.2) is 33.0 Å². The number of halogens is 1. The van der Waals surface area contributed by atoms with Gasteiger partial charge < -0.3 is 10.6 Å². The lowest BCUT2D eigenvalue weighted by Crippen LogP contribution is -2.18. The maximum absolute atomic E-state index is 12.2. The first kappa shape index (κ1) is 18.8. The Morgan fingerprint density at radius 2 is 1.85 bits per heavy atom. The van der Waals surface area contributed by atoms with Crippen LogP contribution in [0.15, 0.2) is 47.7 Å². The van der Waals surface area contributed by atoms with Crippen LogP contribution in [0, 0.1) is 6.92 Å². The van der Waals surface area contributed by atoms with Crippen LogP contribution < -0.4 is 16.2 Å². The number of H-pyrrole nitrogens is 1. The van der Waals surface area contributed by atoms with Crippen LogP contribution in [0.4, 0.5) is 11.8 Å². The maximum Gasteiger partial charge on any atom is 0.255 e. The van der Waals surface area contributed by atoms with Gasteiger partial charge in [-0.05, 0) is 37.1 Å². The summed E-state index contributed by atoms with van der Waals surface area (Å²) in [6, 6.07) is 7.52. The normalized spacial score (nSPS) is 10.6. The third-order valence-corrected chi connectivity index (χ3v) is 4.14. The molecule has 0 unspecified atom stereocenters. The van der Waals surface area contributed by atoms with Crippen LogP contribution in [0.5, 0.6) is 0 Å². The van der Waals surface area contributed by atoms with E-state index in [9.17, 15) is 4.79 Å². The van der Waals surface area contributed by atoms with Crippen LogP contribution in [0.3, 0.4) is 0 Å². The predicted octanol–water partition coefficient (Wildman–Crippen LogP) is 3.03. The van der Waals surface area contributed by atoms with Gasteiger partial charge in [-0.15, -0.1) is 0 Å². The van der Waals surface area contributed by atoms with Crippen molar-refractivity contribution in [3.8, 4) is 0 Å². The van der Waals surface area contributed by atoms with E-state index in [4.69, 9.17) is 11.6 Å². The Bertz CT molecular complexity index is 924. The van der Waals surface area contributed by atoms with Crippen LogP contribution in [-0.2, 0) is 6.42 Å². The fourth-order valence-electron chi connectivity index (χ4n) is 2.45. The van der Waals surface area contributed by atoms with E-state index < -0.39 is 0 Å². The molecule has 3 rings (SSSR count). The van der Waals surface area contributed by atoms with Gasteiger partial charge in [0.25, 0.3) is 5.56 Å². The Balaban J connectivity index is 1.45. The second-order valence-electron chi connectivity index (χ2n) is 6.14. The van der Waals surface area contributed by atoms with Gasteiger partial charge in [-0.3, -0.25) is 14.8 Å². The molecule has 3 aromatic heterocycles. The molecular formula is C19H21ClN6O. The molecule has 0 bridgehead atoms. The fraction of sp³-hybridized carbons (Fsp3) is 0.263. The highest BCUT2D eigenvalue weighted by molar-refractivity contribution is 6.30. The molecule has 0 saturated heterocycles. The molecule has 140 valence electrons. The summed E-state index contributed by atoms with van der Waals surface area (Å²) >= 11 is 5.80. The molecule has 0 aromatic carbocycles. The lowest BCUT2D eigenvalue weighted by molar-refractivity contribution is 0.884. The average molecular weight is 385 g/mol. The predicted molar refractivity (Wildman–Crippen MR) is 107 cm³/mol. The van der Waals surface area contributed by atoms with Crippen molar-refractivity contribution in [3.63, 3.8) is 0 Å². The molecular weight excluding hydrogens is 364 g/mol. The van der Waals surface area contributed by atoms with E-state index in [1.165, 1.54) is 0 Å². The number of aromatic amines is 1. The Morgan fingerprint density at radius 3 is 2.56 bits per heavy atom. The molecule has 0 fully saturated rings. The minimum Gasteiger partial charge on any atom is -0.370 e. The smallest absolute Gasteiger partial charge is 0.255 e. The second kappa shape index (κ2) is 9.14. The molecule has 3 N–H and O–H groups in total. The summed E-state index contributed by atoms with van der Waals surface area (Å²) in [7, 11) is 0. The van der Waals surface area contributed by atoms with Crippen LogP contribution >= 0.6 is 11.6 Å². The van der Waals surface area contributed by atoms with Crippen molar-refractivity contribution in [2.75, 3.05) is 23.7 Å². The molecule has 0 aliphatic carbocycles. The van der Waals surface area contributed by atoms with Crippen LogP contribution in [0.25, 0.3) is 0 Å². The summed E-state index contributed by atoms with van der Waals surface area (Å²) in [5.74, 6) is 1.25. The van der Waals surface area contributed by atoms with Crippen molar-refractivity contribution in [3.05, 3.63) is 75.1 Å². The van der Waals surface area contributed by atoms with E-state index in [0.29, 0.717) is 29.5 Å². The summed E-state index contributed by atoms with van der Waals surface area (Å²) in [5.41, 5.74) is 2.40. The van der Waals surface area contributed by atoms with E-state index in [1.807, 2.05) is 25.1 Å². The summed E-state index contributed by atoms with van der Waals surface area (Å²) in [4.78, 5) is 27.7. The highest BCUT2D eigenvalue weighted by Crippen LogP contribution is 2.09. The first-order valence-electron chi connectivity index (χ1n) is 8.69. The zero-order valence-corrected chi connectivity index (χ0v) is 15.8. The van der Waals surface area contributed by atoms with Crippen molar-refractivity contribution in [1.29, 1.82) is 0 Å². The standard InChI is InChI=1S/C19H21ClN6O/c1-13-3-4-14(10-23-13)9-15-11-25-19(26-18(15)27)22-8-2-7-21-17-6-5-16(20)12-24-17/h3-6,10-12H,2,7-9H2,1H3,(H,21,24)(H2,22,25,26,27). The lowest BCUT2D eigenvalue weighted by atomic mass is 10.1. The molecule has 27 heavy (non-hydrogen) atoms. The summed E-state index contributed by atoms with van der Waals surface area (Å²) in [6.45, 7) is 3.34. The van der Waals surface area contributed by atoms with E-state index in [0.717, 1.165) is 30.0 Å². The van der Waals surface area contributed by atoms with Gasteiger partial charge >= 0.3 is 0 Å². The molecule has 0 spiro atoms. The number of nitrogens with zero attached hydrogens (tertiary/aromatic N) is 3. The van der Waals surface area contributed by atoms with Crippen molar-refractivity contribution in [2.45, 2.75) is 19.8 Å². The Hall–Kier alpha value is -2.93. The minimum atomic E-state index is -0.142. The van der Waals surface area contributed by atoms with Crippen molar-refractivity contribution >= 4 is 23.4 Å². The van der Waals surface area contributed by atoms with Crippen molar-refractivity contribution < 1.29 is 0 Å². The third-order valence-electron chi connectivity index (χ3n) is 3.92. The number of aryl methyl sites for hydroxylation is 1. The number of hydrogen-bond acceptors (Lipinski definition) is 6. The van der Waals surface area contributed by atoms with Crippen molar-refractivity contribution in [2.24, 2.45) is 0 Å². The first-order chi connectivity index (χ1) is 13.1. The molecule has 0 saturated carbocycles. The van der Waals surface area contributed by atoms with Gasteiger partial charge in [0.05, 0.1) is 5.02 Å². The topological polar surface area (TPSA) is 95.6 Å². The number of anilines is 2. The quantitative estimate of drug-likeness (QED) is 0.517. The summed E-state index contributed by atoms with van der Waals surface area (Å²) < 4.78 is 0. The highest BCUT2D eigenvalue weighted by Gasteiger charge is 2.04. The van der Waals surface area contributed by atoms with Gasteiger partial charge in [0.2, 0.25) is 5.95 Å². The van der Waals surface area contributed by atoms with Crippen LogP contribution in [0.1, 0.15) is 23.2 Å². The van der Waals surface area contributed by atoms with E-state index in [1.54, 1.807) is 24.7 Å². The van der Waals surface area contributed by atoms with Gasteiger partial charge in [0.1, 0.15) is 5.82 Å². The Kier molecular flexibility index (Phi) is 6.38. The van der Waals surface area contributed by atoms with Gasteiger partial charge in [-0.2, -0.15) is 0 Å². The largest absolute Gasteiger partial charge is 0.370 e. The van der Waals surface area contributed by atoms with E-state index in [-0.39, 0.29) is 5.56 Å². The number of rotatable bonds is 8. The monoisotopic (exact) mass is 384 g/mol. The molecule has 0 aliphatic heterocycles. The number of hydrogen-bond donors (Lipinski definition) is 3. The van der Waals surface area contributed by atoms with Gasteiger partial charge in [0, 0.05) is 49.4 Å². The third kappa shape index (κ3) is 5.79. The zero-order valence-electron chi connectivity index (χ0n) is 15.0. The number of aromatic nitrogens is 4. The Labute approximate surface area is 162 Å². The molecule has 3 aromatic rings.